The molecular formula is C8H13NO4. The Balaban J connectivity index is 1.89. The van der Waals surface area contributed by atoms with Gasteiger partial charge in [-0.1, -0.05) is 0 Å². The summed E-state index contributed by atoms with van der Waals surface area (Å²) in [6.07, 6.45) is 0.775. The maximum absolute atomic E-state index is 11.6. The normalized spacial score (nSPS) is 34.1. The fourth-order valence-electron chi connectivity index (χ4n) is 1.56. The van der Waals surface area contributed by atoms with E-state index in [9.17, 15) is 4.79 Å². The van der Waals surface area contributed by atoms with E-state index in [1.807, 2.05) is 0 Å². The van der Waals surface area contributed by atoms with Crippen LogP contribution in [0.5, 0.6) is 0 Å². The molecule has 5 heteroatoms. The number of aliphatic hydroxyl groups excluding tert-OH is 1. The van der Waals surface area contributed by atoms with Crippen LogP contribution in [0.3, 0.4) is 0 Å². The number of nitrogens with zero attached hydrogens (tertiary/aromatic N) is 1. The fraction of sp³-hybridized carbons (Fsp3) is 0.875. The second-order valence-corrected chi connectivity index (χ2v) is 3.35. The van der Waals surface area contributed by atoms with Gasteiger partial charge in [-0.25, -0.2) is 5.06 Å². The zero-order chi connectivity index (χ0) is 9.26. The van der Waals surface area contributed by atoms with E-state index < -0.39 is 6.10 Å². The molecule has 13 heavy (non-hydrogen) atoms. The second-order valence-electron chi connectivity index (χ2n) is 3.35. The molecule has 2 heterocycles. The van der Waals surface area contributed by atoms with Gasteiger partial charge in [0, 0.05) is 6.61 Å². The van der Waals surface area contributed by atoms with Crippen molar-refractivity contribution < 1.29 is 19.5 Å². The first-order chi connectivity index (χ1) is 6.27. The first-order valence-corrected chi connectivity index (χ1v) is 4.51. The molecule has 0 aromatic heterocycles. The monoisotopic (exact) mass is 187 g/mol. The average molecular weight is 187 g/mol. The summed E-state index contributed by atoms with van der Waals surface area (Å²) >= 11 is 0. The molecule has 0 aromatic rings. The lowest BCUT2D eigenvalue weighted by atomic mass is 10.2. The second kappa shape index (κ2) is 3.61. The van der Waals surface area contributed by atoms with Crippen molar-refractivity contribution >= 4 is 5.91 Å². The predicted octanol–water partition coefficient (Wildman–Crippen LogP) is -0.700. The molecular weight excluding hydrogens is 174 g/mol. The van der Waals surface area contributed by atoms with Crippen LogP contribution < -0.4 is 0 Å². The highest BCUT2D eigenvalue weighted by Crippen LogP contribution is 2.17. The predicted molar refractivity (Wildman–Crippen MR) is 42.6 cm³/mol. The van der Waals surface area contributed by atoms with E-state index in [2.05, 4.69) is 0 Å². The van der Waals surface area contributed by atoms with E-state index in [4.69, 9.17) is 14.7 Å². The van der Waals surface area contributed by atoms with Crippen LogP contribution in [0.4, 0.5) is 0 Å². The summed E-state index contributed by atoms with van der Waals surface area (Å²) < 4.78 is 5.21. The molecule has 0 spiro atoms. The highest BCUT2D eigenvalue weighted by atomic mass is 16.7. The summed E-state index contributed by atoms with van der Waals surface area (Å²) in [6, 6.07) is 0. The number of hydrogen-bond acceptors (Lipinski definition) is 4. The Labute approximate surface area is 76.2 Å². The van der Waals surface area contributed by atoms with Crippen molar-refractivity contribution in [1.82, 2.24) is 5.06 Å². The van der Waals surface area contributed by atoms with Crippen molar-refractivity contribution in [3.8, 4) is 0 Å². The standard InChI is InChI=1S/C8H13NO4/c10-6-4-9(13-5-6)8(11)7-2-1-3-12-7/h6-7,10H,1-5H2/t6-,7+/m1/s1. The van der Waals surface area contributed by atoms with Crippen molar-refractivity contribution in [2.24, 2.45) is 0 Å². The molecule has 0 bridgehead atoms. The van der Waals surface area contributed by atoms with Crippen molar-refractivity contribution in [3.63, 3.8) is 0 Å². The average Bonchev–Trinajstić information content (AvgIpc) is 2.72. The van der Waals surface area contributed by atoms with Crippen molar-refractivity contribution in [3.05, 3.63) is 0 Å². The number of ether oxygens (including phenoxy) is 1. The van der Waals surface area contributed by atoms with Crippen LogP contribution in [-0.2, 0) is 14.4 Å². The van der Waals surface area contributed by atoms with Crippen LogP contribution in [0.15, 0.2) is 0 Å². The number of carbonyl (C=O) groups excluding carboxylic acids is 1. The molecule has 0 unspecified atom stereocenters. The van der Waals surface area contributed by atoms with Crippen molar-refractivity contribution in [2.45, 2.75) is 25.0 Å². The Kier molecular flexibility index (Phi) is 2.48. The van der Waals surface area contributed by atoms with Crippen LogP contribution >= 0.6 is 0 Å². The number of aliphatic hydroxyl groups is 1. The van der Waals surface area contributed by atoms with Gasteiger partial charge in [-0.2, -0.15) is 0 Å². The molecule has 2 atom stereocenters. The summed E-state index contributed by atoms with van der Waals surface area (Å²) in [5, 5.41) is 10.3. The Morgan fingerprint density at radius 3 is 2.92 bits per heavy atom. The van der Waals surface area contributed by atoms with Gasteiger partial charge < -0.3 is 9.84 Å². The van der Waals surface area contributed by atoms with Crippen LogP contribution in [0.2, 0.25) is 0 Å². The number of rotatable bonds is 1. The molecule has 2 rings (SSSR count). The van der Waals surface area contributed by atoms with Gasteiger partial charge in [-0.15, -0.1) is 0 Å². The molecule has 74 valence electrons. The van der Waals surface area contributed by atoms with E-state index >= 15 is 0 Å². The largest absolute Gasteiger partial charge is 0.389 e. The zero-order valence-corrected chi connectivity index (χ0v) is 7.31. The van der Waals surface area contributed by atoms with E-state index in [0.717, 1.165) is 12.8 Å². The number of hydroxylamine groups is 2. The molecule has 2 fully saturated rings. The number of β-amino-alcohol motifs (C(OH)–C–C–N with tert-alkyl or cyclic N) is 1. The van der Waals surface area contributed by atoms with E-state index in [-0.39, 0.29) is 25.2 Å². The smallest absolute Gasteiger partial charge is 0.275 e. The third-order valence-electron chi connectivity index (χ3n) is 2.25. The summed E-state index contributed by atoms with van der Waals surface area (Å²) in [5.41, 5.74) is 0. The van der Waals surface area contributed by atoms with Crippen LogP contribution in [0, 0.1) is 0 Å². The van der Waals surface area contributed by atoms with Gasteiger partial charge >= 0.3 is 0 Å². The number of amides is 1. The first kappa shape index (κ1) is 8.93. The highest BCUT2D eigenvalue weighted by Gasteiger charge is 2.33. The first-order valence-electron chi connectivity index (χ1n) is 4.51. The van der Waals surface area contributed by atoms with Crippen LogP contribution in [0.1, 0.15) is 12.8 Å². The van der Waals surface area contributed by atoms with E-state index in [1.165, 1.54) is 5.06 Å². The maximum Gasteiger partial charge on any atom is 0.275 e. The van der Waals surface area contributed by atoms with Crippen LogP contribution in [-0.4, -0.2) is 48.0 Å². The molecule has 0 aliphatic carbocycles. The molecule has 5 nitrogen and oxygen atoms in total. The molecule has 2 saturated heterocycles. The third-order valence-corrected chi connectivity index (χ3v) is 2.25. The van der Waals surface area contributed by atoms with Gasteiger partial charge in [0.15, 0.2) is 0 Å². The molecule has 0 aromatic carbocycles. The lowest BCUT2D eigenvalue weighted by Gasteiger charge is -2.17. The van der Waals surface area contributed by atoms with Gasteiger partial charge in [-0.3, -0.25) is 9.63 Å². The fourth-order valence-corrected chi connectivity index (χ4v) is 1.56. The summed E-state index contributed by atoms with van der Waals surface area (Å²) in [7, 11) is 0. The molecule has 1 amide bonds. The topological polar surface area (TPSA) is 59.0 Å². The highest BCUT2D eigenvalue weighted by molar-refractivity contribution is 5.80. The summed E-state index contributed by atoms with van der Waals surface area (Å²) in [5.74, 6) is -0.158. The van der Waals surface area contributed by atoms with Gasteiger partial charge in [0.05, 0.1) is 6.54 Å². The van der Waals surface area contributed by atoms with Gasteiger partial charge in [0.2, 0.25) is 0 Å². The minimum Gasteiger partial charge on any atom is -0.389 e. The Morgan fingerprint density at radius 1 is 1.54 bits per heavy atom. The van der Waals surface area contributed by atoms with E-state index in [1.54, 1.807) is 0 Å². The van der Waals surface area contributed by atoms with Gasteiger partial charge in [0.1, 0.15) is 18.8 Å². The third kappa shape index (κ3) is 1.82. The molecule has 1 N–H and O–H groups in total. The Morgan fingerprint density at radius 2 is 2.38 bits per heavy atom. The lowest BCUT2D eigenvalue weighted by Crippen LogP contribution is -2.36. The number of hydrogen-bond donors (Lipinski definition) is 1. The molecule has 2 aliphatic heterocycles. The van der Waals surface area contributed by atoms with Crippen molar-refractivity contribution in [2.75, 3.05) is 19.8 Å². The quantitative estimate of drug-likeness (QED) is 0.589. The zero-order valence-electron chi connectivity index (χ0n) is 7.31. The lowest BCUT2D eigenvalue weighted by molar-refractivity contribution is -0.178. The Hall–Kier alpha value is -0.650. The molecule has 0 saturated carbocycles. The number of carbonyl (C=O) groups is 1. The minimum atomic E-state index is -0.551. The van der Waals surface area contributed by atoms with Gasteiger partial charge in [0.25, 0.3) is 5.91 Å². The van der Waals surface area contributed by atoms with Gasteiger partial charge in [-0.05, 0) is 12.8 Å². The van der Waals surface area contributed by atoms with Crippen molar-refractivity contribution in [1.29, 1.82) is 0 Å². The SMILES string of the molecule is O=C([C@@H]1CCCO1)N1C[C@@H](O)CO1. The van der Waals surface area contributed by atoms with E-state index in [0.29, 0.717) is 6.61 Å². The Bertz CT molecular complexity index is 202. The molecule has 0 radical (unpaired) electrons. The van der Waals surface area contributed by atoms with Crippen LogP contribution in [0.25, 0.3) is 0 Å². The minimum absolute atomic E-state index is 0.158. The molecule has 2 aliphatic rings. The maximum atomic E-state index is 11.6. The summed E-state index contributed by atoms with van der Waals surface area (Å²) in [4.78, 5) is 16.6. The summed E-state index contributed by atoms with van der Waals surface area (Å²) in [6.45, 7) is 1.12.